The predicted octanol–water partition coefficient (Wildman–Crippen LogP) is 3.35. The third kappa shape index (κ3) is 1.82. The molecule has 1 N–H and O–H groups in total. The van der Waals surface area contributed by atoms with Crippen LogP contribution in [0.25, 0.3) is 10.8 Å². The van der Waals surface area contributed by atoms with Crippen LogP contribution in [0.3, 0.4) is 0 Å². The molecule has 2 amide bonds. The van der Waals surface area contributed by atoms with Gasteiger partial charge in [0.2, 0.25) is 5.91 Å². The summed E-state index contributed by atoms with van der Waals surface area (Å²) in [5.74, 6) is -0.270. The number of amides is 2. The lowest BCUT2D eigenvalue weighted by atomic mass is 10.0. The molecule has 0 saturated carbocycles. The highest BCUT2D eigenvalue weighted by Gasteiger charge is 2.39. The molecule has 1 fully saturated rings. The summed E-state index contributed by atoms with van der Waals surface area (Å²) >= 11 is 3.45. The van der Waals surface area contributed by atoms with E-state index in [4.69, 9.17) is 0 Å². The summed E-state index contributed by atoms with van der Waals surface area (Å²) in [5.41, 5.74) is 2.18. The number of benzene rings is 2. The Labute approximate surface area is 135 Å². The Morgan fingerprint density at radius 1 is 1.27 bits per heavy atom. The average Bonchev–Trinajstić information content (AvgIpc) is 2.74. The molecule has 110 valence electrons. The molecule has 0 spiro atoms. The van der Waals surface area contributed by atoms with Crippen molar-refractivity contribution in [1.82, 2.24) is 5.32 Å². The van der Waals surface area contributed by atoms with Crippen LogP contribution in [0.5, 0.6) is 0 Å². The Kier molecular flexibility index (Phi) is 2.87. The van der Waals surface area contributed by atoms with Crippen LogP contribution in [0, 0.1) is 0 Å². The molecule has 0 aromatic heterocycles. The predicted molar refractivity (Wildman–Crippen MR) is 88.8 cm³/mol. The second kappa shape index (κ2) is 4.68. The zero-order chi connectivity index (χ0) is 15.4. The molecule has 2 aliphatic rings. The standard InChI is InChI=1S/C17H13BrN2O2/c1-9-5-6-14(16(21)19-9)20-13-4-2-3-10-7-11(18)8-12(15(10)13)17(20)22/h2-4,7-8,14H,1,5-6H2,(H,19,21). The van der Waals surface area contributed by atoms with Gasteiger partial charge in [-0.25, -0.2) is 0 Å². The highest BCUT2D eigenvalue weighted by molar-refractivity contribution is 9.10. The first-order valence-electron chi connectivity index (χ1n) is 7.11. The van der Waals surface area contributed by atoms with Gasteiger partial charge in [0, 0.05) is 15.6 Å². The molecule has 2 aromatic rings. The van der Waals surface area contributed by atoms with Gasteiger partial charge < -0.3 is 5.32 Å². The minimum atomic E-state index is -0.477. The number of rotatable bonds is 1. The second-order valence-corrected chi connectivity index (χ2v) is 6.57. The fourth-order valence-corrected chi connectivity index (χ4v) is 3.77. The fraction of sp³-hybridized carbons (Fsp3) is 0.176. The molecule has 0 bridgehead atoms. The van der Waals surface area contributed by atoms with Gasteiger partial charge in [-0.15, -0.1) is 0 Å². The number of nitrogens with zero attached hydrogens (tertiary/aromatic N) is 1. The largest absolute Gasteiger partial charge is 0.329 e. The Balaban J connectivity index is 1.88. The molecule has 4 nitrogen and oxygen atoms in total. The van der Waals surface area contributed by atoms with Gasteiger partial charge in [-0.2, -0.15) is 0 Å². The zero-order valence-electron chi connectivity index (χ0n) is 11.7. The molecular formula is C17H13BrN2O2. The van der Waals surface area contributed by atoms with Gasteiger partial charge in [-0.05, 0) is 36.4 Å². The lowest BCUT2D eigenvalue weighted by Crippen LogP contribution is -2.51. The molecule has 0 radical (unpaired) electrons. The lowest BCUT2D eigenvalue weighted by molar-refractivity contribution is -0.122. The van der Waals surface area contributed by atoms with Crippen molar-refractivity contribution >= 4 is 44.2 Å². The van der Waals surface area contributed by atoms with E-state index < -0.39 is 6.04 Å². The van der Waals surface area contributed by atoms with Crippen molar-refractivity contribution in [3.05, 3.63) is 52.6 Å². The Morgan fingerprint density at radius 3 is 2.86 bits per heavy atom. The van der Waals surface area contributed by atoms with E-state index in [0.717, 1.165) is 20.9 Å². The van der Waals surface area contributed by atoms with Crippen LogP contribution in [0.4, 0.5) is 5.69 Å². The maximum Gasteiger partial charge on any atom is 0.259 e. The summed E-state index contributed by atoms with van der Waals surface area (Å²) < 4.78 is 0.865. The Hall–Kier alpha value is -2.14. The van der Waals surface area contributed by atoms with Crippen LogP contribution >= 0.6 is 15.9 Å². The number of halogens is 1. The summed E-state index contributed by atoms with van der Waals surface area (Å²) in [6.07, 6.45) is 1.29. The van der Waals surface area contributed by atoms with Gasteiger partial charge in [-0.3, -0.25) is 14.5 Å². The van der Waals surface area contributed by atoms with Crippen LogP contribution in [0.15, 0.2) is 47.1 Å². The van der Waals surface area contributed by atoms with E-state index in [1.807, 2.05) is 30.3 Å². The van der Waals surface area contributed by atoms with Crippen molar-refractivity contribution in [2.75, 3.05) is 4.90 Å². The third-order valence-electron chi connectivity index (χ3n) is 4.26. The molecule has 22 heavy (non-hydrogen) atoms. The fourth-order valence-electron chi connectivity index (χ4n) is 3.30. The zero-order valence-corrected chi connectivity index (χ0v) is 13.3. The maximum atomic E-state index is 12.9. The van der Waals surface area contributed by atoms with Crippen LogP contribution < -0.4 is 10.2 Å². The first-order valence-corrected chi connectivity index (χ1v) is 7.90. The van der Waals surface area contributed by atoms with E-state index in [0.29, 0.717) is 24.1 Å². The van der Waals surface area contributed by atoms with Crippen molar-refractivity contribution < 1.29 is 9.59 Å². The molecule has 2 aliphatic heterocycles. The number of hydrogen-bond donors (Lipinski definition) is 1. The van der Waals surface area contributed by atoms with Gasteiger partial charge >= 0.3 is 0 Å². The normalized spacial score (nSPS) is 20.7. The second-order valence-electron chi connectivity index (χ2n) is 5.65. The summed E-state index contributed by atoms with van der Waals surface area (Å²) in [4.78, 5) is 26.8. The summed E-state index contributed by atoms with van der Waals surface area (Å²) in [5, 5.41) is 4.68. The molecule has 1 saturated heterocycles. The van der Waals surface area contributed by atoms with Gasteiger partial charge in [0.1, 0.15) is 6.04 Å². The molecule has 1 atom stereocenters. The van der Waals surface area contributed by atoms with Crippen molar-refractivity contribution in [3.8, 4) is 0 Å². The Morgan fingerprint density at radius 2 is 2.09 bits per heavy atom. The first-order chi connectivity index (χ1) is 10.6. The number of hydrogen-bond acceptors (Lipinski definition) is 2. The highest BCUT2D eigenvalue weighted by atomic mass is 79.9. The van der Waals surface area contributed by atoms with Crippen molar-refractivity contribution in [1.29, 1.82) is 0 Å². The molecular weight excluding hydrogens is 344 g/mol. The topological polar surface area (TPSA) is 49.4 Å². The SMILES string of the molecule is C=C1CCC(N2C(=O)c3cc(Br)cc4cccc2c34)C(=O)N1. The number of allylic oxidation sites excluding steroid dienone is 1. The van der Waals surface area contributed by atoms with Gasteiger partial charge in [0.05, 0.1) is 11.3 Å². The van der Waals surface area contributed by atoms with Crippen LogP contribution in [-0.4, -0.2) is 17.9 Å². The molecule has 5 heteroatoms. The monoisotopic (exact) mass is 356 g/mol. The van der Waals surface area contributed by atoms with Gasteiger partial charge in [0.25, 0.3) is 5.91 Å². The molecule has 1 unspecified atom stereocenters. The van der Waals surface area contributed by atoms with Crippen LogP contribution in [0.2, 0.25) is 0 Å². The van der Waals surface area contributed by atoms with E-state index in [1.54, 1.807) is 4.90 Å². The Bertz CT molecular complexity index is 859. The number of nitrogens with one attached hydrogen (secondary N) is 1. The van der Waals surface area contributed by atoms with Crippen molar-refractivity contribution in [3.63, 3.8) is 0 Å². The van der Waals surface area contributed by atoms with E-state index in [-0.39, 0.29) is 11.8 Å². The highest BCUT2D eigenvalue weighted by Crippen LogP contribution is 2.41. The first kappa shape index (κ1) is 13.5. The quantitative estimate of drug-likeness (QED) is 0.851. The average molecular weight is 357 g/mol. The number of piperidine rings is 1. The number of carbonyl (C=O) groups is 2. The van der Waals surface area contributed by atoms with E-state index in [1.165, 1.54) is 0 Å². The summed E-state index contributed by atoms with van der Waals surface area (Å²) in [7, 11) is 0. The smallest absolute Gasteiger partial charge is 0.259 e. The minimum Gasteiger partial charge on any atom is -0.329 e. The molecule has 2 heterocycles. The lowest BCUT2D eigenvalue weighted by Gasteiger charge is -2.31. The van der Waals surface area contributed by atoms with Crippen molar-refractivity contribution in [2.45, 2.75) is 18.9 Å². The van der Waals surface area contributed by atoms with Crippen LogP contribution in [0.1, 0.15) is 23.2 Å². The van der Waals surface area contributed by atoms with Crippen LogP contribution in [-0.2, 0) is 4.79 Å². The van der Waals surface area contributed by atoms with Gasteiger partial charge in [0.15, 0.2) is 0 Å². The van der Waals surface area contributed by atoms with E-state index >= 15 is 0 Å². The minimum absolute atomic E-state index is 0.111. The maximum absolute atomic E-state index is 12.9. The molecule has 0 aliphatic carbocycles. The van der Waals surface area contributed by atoms with Crippen molar-refractivity contribution in [2.24, 2.45) is 0 Å². The summed E-state index contributed by atoms with van der Waals surface area (Å²) in [6.45, 7) is 3.79. The summed E-state index contributed by atoms with van der Waals surface area (Å²) in [6, 6.07) is 9.14. The van der Waals surface area contributed by atoms with Gasteiger partial charge in [-0.1, -0.05) is 34.6 Å². The van der Waals surface area contributed by atoms with E-state index in [2.05, 4.69) is 27.8 Å². The number of anilines is 1. The third-order valence-corrected chi connectivity index (χ3v) is 4.72. The molecule has 4 rings (SSSR count). The molecule has 2 aromatic carbocycles. The van der Waals surface area contributed by atoms with E-state index in [9.17, 15) is 9.59 Å². The number of carbonyl (C=O) groups excluding carboxylic acids is 2.